The highest BCUT2D eigenvalue weighted by atomic mass is 32.1. The number of nitrogens with one attached hydrogen (secondary N) is 2. The Morgan fingerprint density at radius 2 is 1.79 bits per heavy atom. The lowest BCUT2D eigenvalue weighted by molar-refractivity contribution is -0.141. The van der Waals surface area contributed by atoms with Gasteiger partial charge in [-0.3, -0.25) is 19.2 Å². The van der Waals surface area contributed by atoms with E-state index in [9.17, 15) is 23.6 Å². The molecule has 8 nitrogen and oxygen atoms in total. The fourth-order valence-electron chi connectivity index (χ4n) is 2.38. The van der Waals surface area contributed by atoms with Gasteiger partial charge in [-0.15, -0.1) is 0 Å². The lowest BCUT2D eigenvalue weighted by atomic mass is 10.1. The molecule has 1 aliphatic heterocycles. The van der Waals surface area contributed by atoms with Gasteiger partial charge in [-0.1, -0.05) is 0 Å². The normalized spacial score (nSPS) is 22.6. The van der Waals surface area contributed by atoms with E-state index in [2.05, 4.69) is 35.9 Å². The molecule has 24 heavy (non-hydrogen) atoms. The fraction of sp³-hybridized carbons (Fsp3) is 0.692. The van der Waals surface area contributed by atoms with E-state index < -0.39 is 47.9 Å². The van der Waals surface area contributed by atoms with Crippen molar-refractivity contribution in [1.82, 2.24) is 15.5 Å². The van der Waals surface area contributed by atoms with E-state index >= 15 is 0 Å². The Morgan fingerprint density at radius 3 is 2.25 bits per heavy atom. The molecule has 1 heterocycles. The summed E-state index contributed by atoms with van der Waals surface area (Å²) < 4.78 is 13.8. The number of nitrogens with two attached hydrogens (primary N) is 1. The van der Waals surface area contributed by atoms with Crippen molar-refractivity contribution in [2.24, 2.45) is 5.73 Å². The number of likely N-dealkylation sites (tertiary alicyclic amines) is 1. The number of alkyl halides is 1. The zero-order valence-corrected chi connectivity index (χ0v) is 14.9. The zero-order chi connectivity index (χ0) is 18.4. The molecule has 0 aliphatic carbocycles. The first kappa shape index (κ1) is 20.6. The maximum absolute atomic E-state index is 13.8. The van der Waals surface area contributed by atoms with Gasteiger partial charge in [-0.05, 0) is 0 Å². The molecule has 11 heteroatoms. The van der Waals surface area contributed by atoms with Crippen LogP contribution in [0.25, 0.3) is 0 Å². The molecule has 1 aliphatic rings. The highest BCUT2D eigenvalue weighted by Gasteiger charge is 2.42. The summed E-state index contributed by atoms with van der Waals surface area (Å²) in [6.45, 7) is 0.961. The number of hydrogen-bond acceptors (Lipinski definition) is 6. The number of nitrogens with zero attached hydrogens (tertiary/aromatic N) is 1. The van der Waals surface area contributed by atoms with Gasteiger partial charge in [-0.25, -0.2) is 4.39 Å². The maximum Gasteiger partial charge on any atom is 0.246 e. The van der Waals surface area contributed by atoms with E-state index in [1.165, 1.54) is 6.92 Å². The first-order valence-corrected chi connectivity index (χ1v) is 8.50. The van der Waals surface area contributed by atoms with E-state index in [0.717, 1.165) is 4.90 Å². The average Bonchev–Trinajstić information content (AvgIpc) is 2.90. The average molecular weight is 380 g/mol. The number of halogens is 1. The third-order valence-corrected chi connectivity index (χ3v) is 4.27. The molecule has 4 atom stereocenters. The first-order chi connectivity index (χ1) is 11.2. The van der Waals surface area contributed by atoms with Crippen molar-refractivity contribution in [2.75, 3.05) is 18.1 Å². The number of carbonyl (C=O) groups excluding carboxylic acids is 4. The highest BCUT2D eigenvalue weighted by molar-refractivity contribution is 7.80. The van der Waals surface area contributed by atoms with E-state index in [0.29, 0.717) is 0 Å². The topological polar surface area (TPSA) is 122 Å². The Kier molecular flexibility index (Phi) is 7.80. The maximum atomic E-state index is 13.8. The molecular formula is C13H21FN4O4S2. The summed E-state index contributed by atoms with van der Waals surface area (Å²) in [6, 6.07) is -3.08. The van der Waals surface area contributed by atoms with Gasteiger partial charge < -0.3 is 21.3 Å². The molecule has 1 fully saturated rings. The highest BCUT2D eigenvalue weighted by Crippen LogP contribution is 2.22. The van der Waals surface area contributed by atoms with E-state index in [1.54, 1.807) is 0 Å². The summed E-state index contributed by atoms with van der Waals surface area (Å²) in [5.74, 6) is -2.54. The molecule has 0 radical (unpaired) electrons. The summed E-state index contributed by atoms with van der Waals surface area (Å²) in [7, 11) is 0. The quantitative estimate of drug-likeness (QED) is 0.337. The number of carbonyl (C=O) groups is 4. The molecule has 0 aromatic rings. The third kappa shape index (κ3) is 5.26. The molecule has 4 N–H and O–H groups in total. The number of hydrogen-bond donors (Lipinski definition) is 5. The van der Waals surface area contributed by atoms with Crippen LogP contribution in [0.15, 0.2) is 0 Å². The van der Waals surface area contributed by atoms with Crippen LogP contribution in [-0.2, 0) is 19.2 Å². The van der Waals surface area contributed by atoms with Gasteiger partial charge in [0.05, 0.1) is 6.54 Å². The molecule has 0 aromatic heterocycles. The Bertz CT molecular complexity index is 522. The van der Waals surface area contributed by atoms with Crippen LogP contribution in [-0.4, -0.2) is 70.9 Å². The molecule has 4 unspecified atom stereocenters. The zero-order valence-electron chi connectivity index (χ0n) is 13.1. The van der Waals surface area contributed by atoms with E-state index in [1.807, 2.05) is 0 Å². The molecule has 0 aromatic carbocycles. The van der Waals surface area contributed by atoms with Crippen molar-refractivity contribution in [2.45, 2.75) is 37.6 Å². The summed E-state index contributed by atoms with van der Waals surface area (Å²) in [5, 5.41) is 4.76. The van der Waals surface area contributed by atoms with Crippen molar-refractivity contribution in [3.63, 3.8) is 0 Å². The van der Waals surface area contributed by atoms with Gasteiger partial charge in [0, 0.05) is 24.9 Å². The molecule has 136 valence electrons. The minimum absolute atomic E-state index is 0.000750. The van der Waals surface area contributed by atoms with Crippen LogP contribution < -0.4 is 16.4 Å². The minimum Gasteiger partial charge on any atom is -0.368 e. The van der Waals surface area contributed by atoms with Crippen molar-refractivity contribution in [3.05, 3.63) is 0 Å². The summed E-state index contributed by atoms with van der Waals surface area (Å²) in [4.78, 5) is 48.1. The van der Waals surface area contributed by atoms with Crippen LogP contribution in [0.3, 0.4) is 0 Å². The van der Waals surface area contributed by atoms with Gasteiger partial charge >= 0.3 is 0 Å². The molecule has 1 rings (SSSR count). The third-order valence-electron chi connectivity index (χ3n) is 3.54. The molecule has 0 bridgehead atoms. The second-order valence-corrected chi connectivity index (χ2v) is 6.15. The second kappa shape index (κ2) is 9.11. The smallest absolute Gasteiger partial charge is 0.246 e. The van der Waals surface area contributed by atoms with Crippen LogP contribution in [0.4, 0.5) is 4.39 Å². The molecule has 0 saturated carbocycles. The van der Waals surface area contributed by atoms with Crippen molar-refractivity contribution < 1.29 is 23.6 Å². The molecule has 0 spiro atoms. The first-order valence-electron chi connectivity index (χ1n) is 7.24. The predicted octanol–water partition coefficient (Wildman–Crippen LogP) is -1.74. The largest absolute Gasteiger partial charge is 0.368 e. The standard InChI is InChI=1S/C13H21FN4O4S2/c1-6(19)16-9(5-24)13(22)18-3-7(14)2-10(18)12(21)17-8(4-23)11(15)20/h7-10,23-24H,2-5H2,1H3,(H2,15,20)(H,16,19)(H,17,21). The fourth-order valence-corrected chi connectivity index (χ4v) is 2.90. The minimum atomic E-state index is -1.38. The molecular weight excluding hydrogens is 359 g/mol. The summed E-state index contributed by atoms with van der Waals surface area (Å²) in [6.07, 6.45) is -1.58. The summed E-state index contributed by atoms with van der Waals surface area (Å²) in [5.41, 5.74) is 5.13. The number of rotatable bonds is 7. The van der Waals surface area contributed by atoms with Crippen LogP contribution in [0, 0.1) is 0 Å². The van der Waals surface area contributed by atoms with Crippen LogP contribution in [0.5, 0.6) is 0 Å². The van der Waals surface area contributed by atoms with Crippen LogP contribution in [0.2, 0.25) is 0 Å². The Hall–Kier alpha value is -1.49. The van der Waals surface area contributed by atoms with Crippen LogP contribution in [0.1, 0.15) is 13.3 Å². The van der Waals surface area contributed by atoms with Crippen molar-refractivity contribution in [1.29, 1.82) is 0 Å². The Labute approximate surface area is 149 Å². The molecule has 4 amide bonds. The second-order valence-electron chi connectivity index (χ2n) is 5.42. The Morgan fingerprint density at radius 1 is 1.21 bits per heavy atom. The van der Waals surface area contributed by atoms with E-state index in [4.69, 9.17) is 5.73 Å². The summed E-state index contributed by atoms with van der Waals surface area (Å²) >= 11 is 7.91. The predicted molar refractivity (Wildman–Crippen MR) is 91.4 cm³/mol. The van der Waals surface area contributed by atoms with Gasteiger partial charge in [0.25, 0.3) is 0 Å². The molecule has 1 saturated heterocycles. The lowest BCUT2D eigenvalue weighted by Gasteiger charge is -2.28. The van der Waals surface area contributed by atoms with Crippen molar-refractivity contribution in [3.8, 4) is 0 Å². The Balaban J connectivity index is 2.88. The monoisotopic (exact) mass is 380 g/mol. The lowest BCUT2D eigenvalue weighted by Crippen LogP contribution is -2.56. The SMILES string of the molecule is CC(=O)NC(CS)C(=O)N1CC(F)CC1C(=O)NC(CS)C(N)=O. The van der Waals surface area contributed by atoms with Gasteiger partial charge in [0.15, 0.2) is 0 Å². The van der Waals surface area contributed by atoms with Gasteiger partial charge in [0.2, 0.25) is 23.6 Å². The number of primary amides is 1. The number of amides is 4. The van der Waals surface area contributed by atoms with Crippen LogP contribution >= 0.6 is 25.3 Å². The van der Waals surface area contributed by atoms with Gasteiger partial charge in [0.1, 0.15) is 24.3 Å². The van der Waals surface area contributed by atoms with Gasteiger partial charge in [-0.2, -0.15) is 25.3 Å². The number of thiol groups is 2. The van der Waals surface area contributed by atoms with E-state index in [-0.39, 0.29) is 24.5 Å². The van der Waals surface area contributed by atoms with Crippen molar-refractivity contribution >= 4 is 48.9 Å².